The fourth-order valence-corrected chi connectivity index (χ4v) is 5.44. The van der Waals surface area contributed by atoms with Crippen LogP contribution in [0.15, 0.2) is 72.0 Å². The molecule has 0 bridgehead atoms. The van der Waals surface area contributed by atoms with Gasteiger partial charge in [0.15, 0.2) is 11.0 Å². The standard InChI is InChI=1S/C31H27F5N6O4S/c1-17(2)23-11-10-22(45-4)14-25(23)42-26(43)15-47-29(42)39-28(44)38-24-12-5-19(13-18(24)3)27-37-16-41(40-27)20-6-8-21(9-7-20)46-31(35,36)30(32,33)34/h5-14,16-17H,15H2,1-4H3,(H,38,44). The molecule has 1 aromatic heterocycles. The number of alkyl halides is 5. The van der Waals surface area contributed by atoms with E-state index in [2.05, 4.69) is 25.1 Å². The molecule has 246 valence electrons. The highest BCUT2D eigenvalue weighted by Crippen LogP contribution is 2.38. The van der Waals surface area contributed by atoms with Crippen LogP contribution in [0.2, 0.25) is 0 Å². The predicted octanol–water partition coefficient (Wildman–Crippen LogP) is 7.58. The Balaban J connectivity index is 1.30. The highest BCUT2D eigenvalue weighted by Gasteiger charge is 2.61. The van der Waals surface area contributed by atoms with E-state index in [1.54, 1.807) is 31.2 Å². The minimum Gasteiger partial charge on any atom is -0.497 e. The average molecular weight is 675 g/mol. The largest absolute Gasteiger partial charge is 0.499 e. The van der Waals surface area contributed by atoms with Crippen molar-refractivity contribution in [2.45, 2.75) is 39.0 Å². The van der Waals surface area contributed by atoms with E-state index in [0.29, 0.717) is 33.9 Å². The maximum absolute atomic E-state index is 13.2. The quantitative estimate of drug-likeness (QED) is 0.192. The summed E-state index contributed by atoms with van der Waals surface area (Å²) >= 11 is 1.15. The lowest BCUT2D eigenvalue weighted by molar-refractivity contribution is -0.360. The summed E-state index contributed by atoms with van der Waals surface area (Å²) in [6.07, 6.45) is -9.85. The smallest absolute Gasteiger partial charge is 0.497 e. The summed E-state index contributed by atoms with van der Waals surface area (Å²) in [5, 5.41) is 7.33. The van der Waals surface area contributed by atoms with Crippen LogP contribution < -0.4 is 19.7 Å². The number of urea groups is 1. The molecule has 0 atom stereocenters. The second-order valence-electron chi connectivity index (χ2n) is 10.6. The first-order valence-corrected chi connectivity index (χ1v) is 15.0. The first kappa shape index (κ1) is 33.4. The van der Waals surface area contributed by atoms with Crippen LogP contribution in [0.1, 0.15) is 30.9 Å². The normalized spacial score (nSPS) is 14.6. The Morgan fingerprint density at radius 2 is 1.72 bits per heavy atom. The summed E-state index contributed by atoms with van der Waals surface area (Å²) in [5.74, 6) is 0.172. The summed E-state index contributed by atoms with van der Waals surface area (Å²) < 4.78 is 74.1. The Hall–Kier alpha value is -4.99. The molecule has 3 aromatic carbocycles. The van der Waals surface area contributed by atoms with Crippen LogP contribution in [0.5, 0.6) is 11.5 Å². The van der Waals surface area contributed by atoms with Crippen molar-refractivity contribution in [2.75, 3.05) is 23.1 Å². The molecule has 0 spiro atoms. The third-order valence-corrected chi connectivity index (χ3v) is 7.88. The van der Waals surface area contributed by atoms with E-state index in [4.69, 9.17) is 4.74 Å². The van der Waals surface area contributed by atoms with E-state index in [1.165, 1.54) is 35.2 Å². The fourth-order valence-electron chi connectivity index (χ4n) is 4.58. The molecular formula is C31H27F5N6O4S. The third kappa shape index (κ3) is 7.21. The number of aryl methyl sites for hydroxylation is 1. The van der Waals surface area contributed by atoms with Crippen LogP contribution >= 0.6 is 11.8 Å². The van der Waals surface area contributed by atoms with Gasteiger partial charge in [0, 0.05) is 17.3 Å². The van der Waals surface area contributed by atoms with Crippen LogP contribution in [0.25, 0.3) is 17.1 Å². The maximum Gasteiger partial charge on any atom is 0.499 e. The van der Waals surface area contributed by atoms with Crippen LogP contribution in [-0.4, -0.2) is 57.0 Å². The maximum atomic E-state index is 13.2. The van der Waals surface area contributed by atoms with Crippen molar-refractivity contribution in [3.05, 3.63) is 78.1 Å². The molecule has 0 radical (unpaired) electrons. The number of anilines is 2. The van der Waals surface area contributed by atoms with E-state index in [1.807, 2.05) is 26.0 Å². The lowest BCUT2D eigenvalue weighted by Gasteiger charge is -2.22. The molecule has 3 amide bonds. The van der Waals surface area contributed by atoms with Crippen molar-refractivity contribution in [1.82, 2.24) is 14.8 Å². The molecule has 1 saturated heterocycles. The molecule has 0 unspecified atom stereocenters. The van der Waals surface area contributed by atoms with Gasteiger partial charge in [-0.05, 0) is 72.5 Å². The summed E-state index contributed by atoms with van der Waals surface area (Å²) in [7, 11) is 1.53. The molecule has 16 heteroatoms. The van der Waals surface area contributed by atoms with Gasteiger partial charge >= 0.3 is 18.3 Å². The van der Waals surface area contributed by atoms with E-state index in [0.717, 1.165) is 29.5 Å². The highest BCUT2D eigenvalue weighted by molar-refractivity contribution is 8.15. The molecule has 1 aliphatic rings. The number of aromatic nitrogens is 3. The van der Waals surface area contributed by atoms with E-state index in [-0.39, 0.29) is 28.6 Å². The molecule has 1 fully saturated rings. The number of hydrogen-bond acceptors (Lipinski definition) is 7. The summed E-state index contributed by atoms with van der Waals surface area (Å²) in [4.78, 5) is 35.8. The molecule has 1 N–H and O–H groups in total. The Bertz CT molecular complexity index is 1840. The molecule has 5 rings (SSSR count). The van der Waals surface area contributed by atoms with Crippen molar-refractivity contribution in [3.8, 4) is 28.6 Å². The van der Waals surface area contributed by atoms with Gasteiger partial charge in [-0.3, -0.25) is 9.69 Å². The van der Waals surface area contributed by atoms with Crippen molar-refractivity contribution in [3.63, 3.8) is 0 Å². The Kier molecular flexibility index (Phi) is 9.25. The van der Waals surface area contributed by atoms with Gasteiger partial charge in [0.25, 0.3) is 0 Å². The Morgan fingerprint density at radius 1 is 1.02 bits per heavy atom. The third-order valence-electron chi connectivity index (χ3n) is 6.96. The molecule has 0 aliphatic carbocycles. The number of methoxy groups -OCH3 is 1. The van der Waals surface area contributed by atoms with Crippen molar-refractivity contribution >= 4 is 40.2 Å². The molecular weight excluding hydrogens is 647 g/mol. The number of amides is 3. The van der Waals surface area contributed by atoms with Crippen molar-refractivity contribution in [1.29, 1.82) is 0 Å². The van der Waals surface area contributed by atoms with E-state index >= 15 is 0 Å². The van der Waals surface area contributed by atoms with Gasteiger partial charge < -0.3 is 14.8 Å². The van der Waals surface area contributed by atoms with E-state index in [9.17, 15) is 31.5 Å². The molecule has 4 aromatic rings. The average Bonchev–Trinajstić information content (AvgIpc) is 3.64. The number of rotatable bonds is 8. The monoisotopic (exact) mass is 674 g/mol. The number of hydrogen-bond donors (Lipinski definition) is 1. The second-order valence-corrected chi connectivity index (χ2v) is 11.5. The van der Waals surface area contributed by atoms with Gasteiger partial charge in [0.2, 0.25) is 5.91 Å². The molecule has 1 aliphatic heterocycles. The second kappa shape index (κ2) is 13.0. The number of nitrogens with zero attached hydrogens (tertiary/aromatic N) is 5. The zero-order chi connectivity index (χ0) is 34.1. The lowest BCUT2D eigenvalue weighted by atomic mass is 10.00. The molecule has 2 heterocycles. The topological polar surface area (TPSA) is 111 Å². The van der Waals surface area contributed by atoms with Gasteiger partial charge in [-0.1, -0.05) is 31.7 Å². The number of aliphatic imine (C=N–C) groups is 1. The number of nitrogens with one attached hydrogen (secondary N) is 1. The zero-order valence-corrected chi connectivity index (χ0v) is 26.1. The first-order valence-electron chi connectivity index (χ1n) is 14.0. The number of carbonyl (C=O) groups is 2. The van der Waals surface area contributed by atoms with Crippen molar-refractivity contribution < 1.29 is 41.0 Å². The van der Waals surface area contributed by atoms with Gasteiger partial charge in [-0.2, -0.15) is 26.9 Å². The summed E-state index contributed by atoms with van der Waals surface area (Å²) in [6, 6.07) is 14.2. The predicted molar refractivity (Wildman–Crippen MR) is 167 cm³/mol. The lowest BCUT2D eigenvalue weighted by Crippen LogP contribution is -2.41. The molecule has 47 heavy (non-hydrogen) atoms. The van der Waals surface area contributed by atoms with E-state index < -0.39 is 24.1 Å². The Labute approximate surface area is 269 Å². The van der Waals surface area contributed by atoms with Crippen LogP contribution in [-0.2, 0) is 4.79 Å². The number of benzene rings is 3. The first-order chi connectivity index (χ1) is 22.2. The fraction of sp³-hybridized carbons (Fsp3) is 0.258. The van der Waals surface area contributed by atoms with Gasteiger partial charge in [-0.25, -0.2) is 14.5 Å². The molecule has 10 nitrogen and oxygen atoms in total. The van der Waals surface area contributed by atoms with Gasteiger partial charge in [0.05, 0.1) is 24.2 Å². The number of amidine groups is 1. The summed E-state index contributed by atoms with van der Waals surface area (Å²) in [5.41, 5.74) is 3.52. The van der Waals surface area contributed by atoms with Crippen molar-refractivity contribution in [2.24, 2.45) is 4.99 Å². The van der Waals surface area contributed by atoms with Crippen LogP contribution in [0.4, 0.5) is 38.1 Å². The van der Waals surface area contributed by atoms with Crippen LogP contribution in [0.3, 0.4) is 0 Å². The number of halogens is 5. The highest BCUT2D eigenvalue weighted by atomic mass is 32.2. The van der Waals surface area contributed by atoms with Gasteiger partial charge in [-0.15, -0.1) is 5.10 Å². The summed E-state index contributed by atoms with van der Waals surface area (Å²) in [6.45, 7) is 5.75. The molecule has 0 saturated carbocycles. The minimum absolute atomic E-state index is 0.0917. The SMILES string of the molecule is COc1ccc(C(C)C)c(N2C(=O)CSC2=NC(=O)Nc2ccc(-c3ncn(-c4ccc(OC(F)(F)C(F)(F)F)cc4)n3)cc2C)c1. The minimum atomic E-state index is -5.86. The number of ether oxygens (including phenoxy) is 2. The number of thioether (sulfide) groups is 1. The Morgan fingerprint density at radius 3 is 2.36 bits per heavy atom. The zero-order valence-electron chi connectivity index (χ0n) is 25.3. The number of carbonyl (C=O) groups excluding carboxylic acids is 2. The van der Waals surface area contributed by atoms with Crippen LogP contribution in [0, 0.1) is 6.92 Å². The van der Waals surface area contributed by atoms with Gasteiger partial charge in [0.1, 0.15) is 17.8 Å².